The van der Waals surface area contributed by atoms with E-state index in [4.69, 9.17) is 16.3 Å². The highest BCUT2D eigenvalue weighted by Crippen LogP contribution is 2.45. The van der Waals surface area contributed by atoms with Crippen LogP contribution in [-0.4, -0.2) is 45.1 Å². The summed E-state index contributed by atoms with van der Waals surface area (Å²) in [6.07, 6.45) is 3.20. The summed E-state index contributed by atoms with van der Waals surface area (Å²) >= 11 is 6.28. The number of pyridine rings is 1. The first-order valence-corrected chi connectivity index (χ1v) is 16.7. The summed E-state index contributed by atoms with van der Waals surface area (Å²) in [6.45, 7) is 3.40. The summed E-state index contributed by atoms with van der Waals surface area (Å²) in [5.41, 5.74) is -0.694. The molecule has 15 heteroatoms. The second kappa shape index (κ2) is 11.7. The number of sulfonamides is 2. The van der Waals surface area contributed by atoms with Crippen LogP contribution in [0.25, 0.3) is 0 Å². The molecule has 45 heavy (non-hydrogen) atoms. The Balaban J connectivity index is 1.94. The van der Waals surface area contributed by atoms with E-state index in [1.54, 1.807) is 16.8 Å². The molecule has 12 nitrogen and oxygen atoms in total. The number of benzene rings is 3. The molecule has 0 bridgehead atoms. The first-order chi connectivity index (χ1) is 21.3. The first-order valence-electron chi connectivity index (χ1n) is 13.4. The van der Waals surface area contributed by atoms with E-state index in [-0.39, 0.29) is 22.1 Å². The summed E-state index contributed by atoms with van der Waals surface area (Å²) in [7, 11) is -9.65. The minimum absolute atomic E-state index is 0.0310. The van der Waals surface area contributed by atoms with Crippen LogP contribution in [0.15, 0.2) is 107 Å². The minimum atomic E-state index is -5.52. The van der Waals surface area contributed by atoms with E-state index in [0.29, 0.717) is 11.6 Å². The second-order valence-electron chi connectivity index (χ2n) is 9.77. The van der Waals surface area contributed by atoms with Gasteiger partial charge in [-0.25, -0.2) is 19.2 Å². The maximum Gasteiger partial charge on any atom is 0.482 e. The van der Waals surface area contributed by atoms with Crippen LogP contribution in [0.1, 0.15) is 24.2 Å². The van der Waals surface area contributed by atoms with E-state index < -0.39 is 56.5 Å². The Morgan fingerprint density at radius 1 is 0.911 bits per heavy atom. The predicted molar refractivity (Wildman–Crippen MR) is 163 cm³/mol. The highest BCUT2D eigenvalue weighted by molar-refractivity contribution is 7.99. The number of imide groups is 1. The van der Waals surface area contributed by atoms with Crippen LogP contribution in [0.5, 0.6) is 5.75 Å². The number of aryl methyl sites for hydroxylation is 1. The fraction of sp³-hybridized carbons (Fsp3) is 0.133. The number of hydrazine groups is 1. The van der Waals surface area contributed by atoms with E-state index in [9.17, 15) is 26.4 Å². The third-order valence-electron chi connectivity index (χ3n) is 7.14. The smallest absolute Gasteiger partial charge is 0.482 e. The van der Waals surface area contributed by atoms with Crippen LogP contribution < -0.4 is 19.3 Å². The highest BCUT2D eigenvalue weighted by atomic mass is 35.5. The molecule has 0 radical (unpaired) electrons. The van der Waals surface area contributed by atoms with Crippen LogP contribution in [0.4, 0.5) is 16.2 Å². The number of aromatic nitrogens is 1. The molecule has 4 aromatic rings. The average molecular weight is 671 g/mol. The number of halogens is 1. The summed E-state index contributed by atoms with van der Waals surface area (Å²) in [4.78, 5) is 41.7. The molecule has 232 valence electrons. The lowest BCUT2D eigenvalue weighted by Crippen LogP contribution is -2.72. The predicted octanol–water partition coefficient (Wildman–Crippen LogP) is 4.30. The lowest BCUT2D eigenvalue weighted by atomic mass is 10.1. The number of rotatable bonds is 8. The van der Waals surface area contributed by atoms with Crippen molar-refractivity contribution in [2.75, 3.05) is 17.1 Å². The van der Waals surface area contributed by atoms with Gasteiger partial charge in [0.05, 0.1) is 12.8 Å². The Kier molecular flexibility index (Phi) is 8.27. The van der Waals surface area contributed by atoms with Gasteiger partial charge in [0, 0.05) is 21.3 Å². The molecule has 5 rings (SSSR count). The Hall–Kier alpha value is -4.63. The molecule has 4 amide bonds. The molecule has 1 aromatic heterocycles. The van der Waals surface area contributed by atoms with Gasteiger partial charge in [-0.05, 0) is 67.6 Å². The van der Waals surface area contributed by atoms with E-state index in [0.717, 1.165) is 42.3 Å². The van der Waals surface area contributed by atoms with Crippen LogP contribution in [0.3, 0.4) is 0 Å². The molecule has 1 unspecified atom stereocenters. The van der Waals surface area contributed by atoms with Gasteiger partial charge in [-0.15, -0.1) is 0 Å². The molecule has 0 saturated carbocycles. The van der Waals surface area contributed by atoms with Gasteiger partial charge >= 0.3 is 32.0 Å². The number of carbonyl (C=O) groups is 3. The molecule has 1 aliphatic rings. The van der Waals surface area contributed by atoms with Gasteiger partial charge in [0.1, 0.15) is 33.3 Å². The SMILES string of the molecule is CC[n+]1cccc(N(C(C)=O)N2C(=O)[N+](S(=O)(=O)c3ccccc3)(S(=O)(=O)c3ccc(OC)cc3)C(=O)c3ccc(Cl)cc32)c1. The van der Waals surface area contributed by atoms with Gasteiger partial charge in [0.25, 0.3) is 0 Å². The fourth-order valence-electron chi connectivity index (χ4n) is 4.99. The van der Waals surface area contributed by atoms with Crippen LogP contribution in [-0.2, 0) is 31.4 Å². The van der Waals surface area contributed by atoms with Crippen LogP contribution >= 0.6 is 11.6 Å². The van der Waals surface area contributed by atoms with E-state index in [1.165, 1.54) is 61.8 Å². The number of urea groups is 1. The molecule has 1 atom stereocenters. The van der Waals surface area contributed by atoms with Crippen molar-refractivity contribution in [2.45, 2.75) is 30.2 Å². The van der Waals surface area contributed by atoms with Gasteiger partial charge < -0.3 is 4.74 Å². The van der Waals surface area contributed by atoms with Gasteiger partial charge in [-0.2, -0.15) is 21.8 Å². The summed E-state index contributed by atoms with van der Waals surface area (Å²) in [5, 5.41) is 1.43. The first kappa shape index (κ1) is 31.8. The number of fused-ring (bicyclic) bond motifs is 1. The fourth-order valence-corrected chi connectivity index (χ4v) is 9.48. The number of ether oxygens (including phenoxy) is 1. The molecule has 1 aliphatic heterocycles. The van der Waals surface area contributed by atoms with Crippen molar-refractivity contribution in [1.82, 2.24) is 0 Å². The average Bonchev–Trinajstić information content (AvgIpc) is 3.03. The molecule has 0 N–H and O–H groups in total. The largest absolute Gasteiger partial charge is 0.497 e. The number of hydrogen-bond donors (Lipinski definition) is 0. The molecular formula is C30H27ClN4O8S2+2. The molecule has 0 saturated heterocycles. The highest BCUT2D eigenvalue weighted by Gasteiger charge is 2.73. The van der Waals surface area contributed by atoms with Crippen molar-refractivity contribution < 1.29 is 43.8 Å². The topological polar surface area (TPSA) is 139 Å². The van der Waals surface area contributed by atoms with Crippen molar-refractivity contribution in [1.29, 1.82) is 0 Å². The van der Waals surface area contributed by atoms with Crippen LogP contribution in [0, 0.1) is 0 Å². The number of methoxy groups -OCH3 is 1. The number of anilines is 2. The number of nitrogens with zero attached hydrogens (tertiary/aromatic N) is 4. The van der Waals surface area contributed by atoms with E-state index in [1.807, 2.05) is 6.92 Å². The van der Waals surface area contributed by atoms with Crippen molar-refractivity contribution >= 4 is 60.9 Å². The number of amides is 4. The number of carbonyl (C=O) groups excluding carboxylic acids is 3. The van der Waals surface area contributed by atoms with Crippen molar-refractivity contribution in [3.63, 3.8) is 0 Å². The van der Waals surface area contributed by atoms with E-state index >= 15 is 4.79 Å². The van der Waals surface area contributed by atoms with Crippen molar-refractivity contribution in [3.8, 4) is 5.75 Å². The Morgan fingerprint density at radius 2 is 1.53 bits per heavy atom. The monoisotopic (exact) mass is 670 g/mol. The molecule has 0 fully saturated rings. The van der Waals surface area contributed by atoms with Crippen molar-refractivity contribution in [3.05, 3.63) is 108 Å². The van der Waals surface area contributed by atoms with E-state index in [2.05, 4.69) is 0 Å². The maximum atomic E-state index is 15.0. The lowest BCUT2D eigenvalue weighted by Gasteiger charge is -2.41. The zero-order valence-electron chi connectivity index (χ0n) is 24.2. The van der Waals surface area contributed by atoms with Gasteiger partial charge in [-0.1, -0.05) is 29.8 Å². The third kappa shape index (κ3) is 4.86. The zero-order chi connectivity index (χ0) is 32.7. The Labute approximate surface area is 264 Å². The Bertz CT molecular complexity index is 2060. The van der Waals surface area contributed by atoms with Crippen molar-refractivity contribution in [2.24, 2.45) is 0 Å². The molecule has 3 aromatic carbocycles. The standard InChI is InChI=1S/C30H27ClN4O8S2/c1-4-32-18-8-9-23(20-32)33(21(2)36)34-28-19-22(31)12-17-27(28)29(37)35(30(34)38,44(39,40)25-10-6-5-7-11-25)45(41,42)26-15-13-24(43-3)14-16-26/h5-20H,4H2,1-3H3/q+2. The molecule has 2 heterocycles. The van der Waals surface area contributed by atoms with Gasteiger partial charge in [0.15, 0.2) is 12.4 Å². The number of hydrogen-bond acceptors (Lipinski definition) is 8. The maximum absolute atomic E-state index is 15.0. The Morgan fingerprint density at radius 3 is 2.11 bits per heavy atom. The molecular weight excluding hydrogens is 644 g/mol. The normalized spacial score (nSPS) is 16.7. The third-order valence-corrected chi connectivity index (χ3v) is 12.3. The zero-order valence-corrected chi connectivity index (χ0v) is 26.6. The van der Waals surface area contributed by atoms with Gasteiger partial charge in [-0.3, -0.25) is 4.79 Å². The molecule has 0 aliphatic carbocycles. The number of quaternary nitrogens is 1. The lowest BCUT2D eigenvalue weighted by molar-refractivity contribution is -0.693. The quantitative estimate of drug-likeness (QED) is 0.200. The summed E-state index contributed by atoms with van der Waals surface area (Å²) in [5.74, 6) is -2.14. The second-order valence-corrected chi connectivity index (χ2v) is 14.4. The van der Waals surface area contributed by atoms with Gasteiger partial charge in [0.2, 0.25) is 5.91 Å². The summed E-state index contributed by atoms with van der Waals surface area (Å²) in [6, 6.07) is 15.7. The van der Waals surface area contributed by atoms with Crippen LogP contribution in [0.2, 0.25) is 5.02 Å². The summed E-state index contributed by atoms with van der Waals surface area (Å²) < 4.78 is 62.9. The minimum Gasteiger partial charge on any atom is -0.497 e. The molecule has 0 spiro atoms.